The summed E-state index contributed by atoms with van der Waals surface area (Å²) < 4.78 is 13.4. The van der Waals surface area contributed by atoms with Crippen molar-refractivity contribution in [2.24, 2.45) is 0 Å². The van der Waals surface area contributed by atoms with Gasteiger partial charge in [-0.1, -0.05) is 134 Å². The van der Waals surface area contributed by atoms with Gasteiger partial charge < -0.3 is 14.4 Å². The minimum Gasteiger partial charge on any atom is -0.347 e. The molecule has 1 fully saturated rings. The zero-order chi connectivity index (χ0) is 34.9. The highest BCUT2D eigenvalue weighted by Crippen LogP contribution is 2.35. The molecule has 0 radical (unpaired) electrons. The van der Waals surface area contributed by atoms with Gasteiger partial charge in [-0.25, -0.2) is 0 Å². The molecule has 0 amide bonds. The normalized spacial score (nSPS) is 18.3. The van der Waals surface area contributed by atoms with E-state index in [0.717, 1.165) is 39.0 Å². The first-order chi connectivity index (χ1) is 24.2. The van der Waals surface area contributed by atoms with Crippen LogP contribution < -0.4 is 0 Å². The van der Waals surface area contributed by atoms with Gasteiger partial charge in [0.05, 0.1) is 12.7 Å². The van der Waals surface area contributed by atoms with E-state index >= 15 is 0 Å². The third-order valence-electron chi connectivity index (χ3n) is 10.1. The van der Waals surface area contributed by atoms with Crippen LogP contribution in [0.1, 0.15) is 186 Å². The highest BCUT2D eigenvalue weighted by Gasteiger charge is 2.40. The Kier molecular flexibility index (Phi) is 27.5. The number of aromatic nitrogens is 1. The molecule has 280 valence electrons. The number of pyridine rings is 1. The van der Waals surface area contributed by atoms with Crippen molar-refractivity contribution in [1.29, 1.82) is 0 Å². The lowest BCUT2D eigenvalue weighted by atomic mass is 9.98. The van der Waals surface area contributed by atoms with Crippen molar-refractivity contribution in [1.82, 2.24) is 9.88 Å². The SMILES string of the molecule is CCCCC/C=C/C=C/CCCCCCCC1(CCCCCCCC/C=C\CCCCCCC)OCC(CCN(C)Cc2ccncc2)O1. The zero-order valence-corrected chi connectivity index (χ0v) is 32.6. The van der Waals surface area contributed by atoms with Crippen LogP contribution in [0.3, 0.4) is 0 Å². The molecule has 2 heterocycles. The fraction of sp³-hybridized carbons (Fsp3) is 0.756. The van der Waals surface area contributed by atoms with Gasteiger partial charge in [0.25, 0.3) is 0 Å². The topological polar surface area (TPSA) is 34.6 Å². The van der Waals surface area contributed by atoms with E-state index in [1.165, 1.54) is 153 Å². The highest BCUT2D eigenvalue weighted by molar-refractivity contribution is 5.09. The molecule has 1 aliphatic heterocycles. The van der Waals surface area contributed by atoms with E-state index in [9.17, 15) is 0 Å². The Morgan fingerprint density at radius 2 is 1.12 bits per heavy atom. The van der Waals surface area contributed by atoms with E-state index in [0.29, 0.717) is 0 Å². The summed E-state index contributed by atoms with van der Waals surface area (Å²) >= 11 is 0. The second-order valence-corrected chi connectivity index (χ2v) is 14.8. The lowest BCUT2D eigenvalue weighted by molar-refractivity contribution is -0.180. The molecule has 4 nitrogen and oxygen atoms in total. The van der Waals surface area contributed by atoms with Crippen LogP contribution in [0.4, 0.5) is 0 Å². The number of allylic oxidation sites excluding steroid dienone is 6. The summed E-state index contributed by atoms with van der Waals surface area (Å²) in [5, 5.41) is 0. The standard InChI is InChI=1S/C45H78N2O2/c1-4-6-8-10-12-14-16-18-20-22-24-26-28-30-32-37-45(36-31-29-27-25-23-21-19-17-15-13-11-9-7-5-2)48-42-44(49-45)35-40-47(3)41-43-33-38-46-39-34-43/h13,15-19,33-34,38-39,44H,4-12,14,20-32,35-37,40-42H2,1-3H3/b15-13+,18-16-,19-17+. The molecule has 2 rings (SSSR count). The van der Waals surface area contributed by atoms with Crippen LogP contribution in [0.25, 0.3) is 0 Å². The van der Waals surface area contributed by atoms with Crippen molar-refractivity contribution in [2.45, 2.75) is 199 Å². The van der Waals surface area contributed by atoms with Gasteiger partial charge in [0, 0.05) is 38.3 Å². The second-order valence-electron chi connectivity index (χ2n) is 14.8. The molecule has 1 aromatic rings. The molecule has 2 unspecified atom stereocenters. The fourth-order valence-electron chi connectivity index (χ4n) is 6.90. The lowest BCUT2D eigenvalue weighted by Gasteiger charge is -2.29. The van der Waals surface area contributed by atoms with Crippen molar-refractivity contribution in [3.63, 3.8) is 0 Å². The minimum absolute atomic E-state index is 0.205. The molecule has 1 saturated heterocycles. The zero-order valence-electron chi connectivity index (χ0n) is 32.6. The monoisotopic (exact) mass is 679 g/mol. The Labute approximate surface area is 304 Å². The number of rotatable bonds is 33. The Hall–Kier alpha value is -1.75. The largest absolute Gasteiger partial charge is 0.347 e. The van der Waals surface area contributed by atoms with Gasteiger partial charge in [-0.15, -0.1) is 0 Å². The molecule has 1 aromatic heterocycles. The van der Waals surface area contributed by atoms with Crippen LogP contribution >= 0.6 is 0 Å². The number of ether oxygens (including phenoxy) is 2. The van der Waals surface area contributed by atoms with Crippen LogP contribution in [0.15, 0.2) is 61.0 Å². The molecule has 0 bridgehead atoms. The molecule has 2 atom stereocenters. The van der Waals surface area contributed by atoms with E-state index in [-0.39, 0.29) is 11.9 Å². The number of hydrogen-bond donors (Lipinski definition) is 0. The molecule has 0 spiro atoms. The van der Waals surface area contributed by atoms with E-state index in [1.807, 2.05) is 12.4 Å². The fourth-order valence-corrected chi connectivity index (χ4v) is 6.90. The predicted octanol–water partition coefficient (Wildman–Crippen LogP) is 13.5. The molecule has 0 saturated carbocycles. The maximum atomic E-state index is 6.80. The van der Waals surface area contributed by atoms with Crippen LogP contribution in [0.5, 0.6) is 0 Å². The van der Waals surface area contributed by atoms with Gasteiger partial charge in [0.15, 0.2) is 5.79 Å². The van der Waals surface area contributed by atoms with Crippen molar-refractivity contribution in [2.75, 3.05) is 20.2 Å². The maximum Gasteiger partial charge on any atom is 0.168 e. The molecule has 0 N–H and O–H groups in total. The first-order valence-electron chi connectivity index (χ1n) is 21.0. The van der Waals surface area contributed by atoms with Gasteiger partial charge in [-0.2, -0.15) is 0 Å². The van der Waals surface area contributed by atoms with Gasteiger partial charge in [0.1, 0.15) is 0 Å². The van der Waals surface area contributed by atoms with Crippen molar-refractivity contribution in [3.05, 3.63) is 66.5 Å². The van der Waals surface area contributed by atoms with Gasteiger partial charge >= 0.3 is 0 Å². The van der Waals surface area contributed by atoms with Crippen LogP contribution in [0.2, 0.25) is 0 Å². The van der Waals surface area contributed by atoms with Crippen LogP contribution in [-0.2, 0) is 16.0 Å². The summed E-state index contributed by atoms with van der Waals surface area (Å²) in [5.74, 6) is -0.359. The summed E-state index contributed by atoms with van der Waals surface area (Å²) in [6, 6.07) is 4.21. The first kappa shape index (κ1) is 43.4. The molecule has 4 heteroatoms. The van der Waals surface area contributed by atoms with Crippen LogP contribution in [0, 0.1) is 0 Å². The molecule has 49 heavy (non-hydrogen) atoms. The Morgan fingerprint density at radius 3 is 1.69 bits per heavy atom. The molecule has 0 aromatic carbocycles. The Bertz CT molecular complexity index is 945. The van der Waals surface area contributed by atoms with Crippen molar-refractivity contribution in [3.8, 4) is 0 Å². The molecule has 0 aliphatic carbocycles. The average molecular weight is 679 g/mol. The lowest BCUT2D eigenvalue weighted by Crippen LogP contribution is -2.32. The van der Waals surface area contributed by atoms with Gasteiger partial charge in [0.2, 0.25) is 0 Å². The summed E-state index contributed by atoms with van der Waals surface area (Å²) in [7, 11) is 2.20. The van der Waals surface area contributed by atoms with Gasteiger partial charge in [-0.05, 0) is 95.4 Å². The van der Waals surface area contributed by atoms with E-state index in [4.69, 9.17) is 9.47 Å². The smallest absolute Gasteiger partial charge is 0.168 e. The third-order valence-corrected chi connectivity index (χ3v) is 10.1. The average Bonchev–Trinajstić information content (AvgIpc) is 3.52. The molecular weight excluding hydrogens is 601 g/mol. The quantitative estimate of drug-likeness (QED) is 0.0421. The summed E-state index contributed by atoms with van der Waals surface area (Å²) in [6.45, 7) is 7.26. The van der Waals surface area contributed by atoms with Gasteiger partial charge in [-0.3, -0.25) is 4.98 Å². The van der Waals surface area contributed by atoms with E-state index in [2.05, 4.69) is 79.4 Å². The van der Waals surface area contributed by atoms with E-state index in [1.54, 1.807) is 0 Å². The third kappa shape index (κ3) is 24.1. The van der Waals surface area contributed by atoms with Crippen LogP contribution in [-0.4, -0.2) is 42.0 Å². The van der Waals surface area contributed by atoms with Crippen molar-refractivity contribution < 1.29 is 9.47 Å². The minimum atomic E-state index is -0.359. The summed E-state index contributed by atoms with van der Waals surface area (Å²) in [5.41, 5.74) is 1.31. The Balaban J connectivity index is 1.64. The van der Waals surface area contributed by atoms with Crippen molar-refractivity contribution >= 4 is 0 Å². The maximum absolute atomic E-state index is 6.80. The summed E-state index contributed by atoms with van der Waals surface area (Å²) in [4.78, 5) is 6.54. The van der Waals surface area contributed by atoms with E-state index < -0.39 is 0 Å². The predicted molar refractivity (Wildman–Crippen MR) is 213 cm³/mol. The first-order valence-corrected chi connectivity index (χ1v) is 21.0. The number of unbranched alkanes of at least 4 members (excludes halogenated alkanes) is 19. The Morgan fingerprint density at radius 1 is 0.653 bits per heavy atom. The molecule has 1 aliphatic rings. The molecular formula is C45H78N2O2. The highest BCUT2D eigenvalue weighted by atomic mass is 16.7. The second kappa shape index (κ2) is 31.0. The number of nitrogens with zero attached hydrogens (tertiary/aromatic N) is 2. The summed E-state index contributed by atoms with van der Waals surface area (Å²) in [6.07, 6.45) is 51.2. The number of hydrogen-bond acceptors (Lipinski definition) is 4.